The fraction of sp³-hybridized carbons (Fsp3) is 0.647. The average molecular weight is 311 g/mol. The van der Waals surface area contributed by atoms with Gasteiger partial charge in [-0.3, -0.25) is 4.79 Å². The van der Waals surface area contributed by atoms with E-state index in [1.54, 1.807) is 19.1 Å². The van der Waals surface area contributed by atoms with Gasteiger partial charge in [0.2, 0.25) is 0 Å². The summed E-state index contributed by atoms with van der Waals surface area (Å²) in [7, 11) is 0. The Balaban J connectivity index is 4.97. The van der Waals surface area contributed by atoms with E-state index in [1.165, 1.54) is 4.90 Å². The molecule has 5 heteroatoms. The molecule has 0 saturated carbocycles. The Morgan fingerprint density at radius 2 is 1.86 bits per heavy atom. The summed E-state index contributed by atoms with van der Waals surface area (Å²) in [5.74, 6) is -0.760. The molecule has 1 unspecified atom stereocenters. The van der Waals surface area contributed by atoms with E-state index in [2.05, 4.69) is 13.2 Å². The number of rotatable bonds is 9. The van der Waals surface area contributed by atoms with Crippen molar-refractivity contribution in [2.45, 2.75) is 46.1 Å². The highest BCUT2D eigenvalue weighted by atomic mass is 16.6. The summed E-state index contributed by atoms with van der Waals surface area (Å²) in [5, 5.41) is 0. The smallest absolute Gasteiger partial charge is 0.410 e. The second-order valence-electron chi connectivity index (χ2n) is 5.98. The summed E-state index contributed by atoms with van der Waals surface area (Å²) in [5.41, 5.74) is -0.582. The number of esters is 1. The van der Waals surface area contributed by atoms with Crippen molar-refractivity contribution in [2.24, 2.45) is 5.92 Å². The fourth-order valence-corrected chi connectivity index (χ4v) is 1.80. The van der Waals surface area contributed by atoms with Crippen LogP contribution in [0.4, 0.5) is 4.79 Å². The zero-order valence-electron chi connectivity index (χ0n) is 14.3. The molecule has 0 aliphatic rings. The molecule has 0 aromatic rings. The number of carbonyl (C=O) groups is 2. The minimum absolute atomic E-state index is 0.244. The molecule has 0 N–H and O–H groups in total. The van der Waals surface area contributed by atoms with Crippen LogP contribution in [0.15, 0.2) is 25.3 Å². The summed E-state index contributed by atoms with van der Waals surface area (Å²) in [4.78, 5) is 25.8. The maximum Gasteiger partial charge on any atom is 0.410 e. The van der Waals surface area contributed by atoms with Crippen molar-refractivity contribution in [3.05, 3.63) is 25.3 Å². The zero-order chi connectivity index (χ0) is 17.2. The minimum atomic E-state index is -0.582. The van der Waals surface area contributed by atoms with Crippen molar-refractivity contribution in [2.75, 3.05) is 19.7 Å². The predicted molar refractivity (Wildman–Crippen MR) is 87.6 cm³/mol. The van der Waals surface area contributed by atoms with Gasteiger partial charge in [-0.1, -0.05) is 12.2 Å². The third-order valence-corrected chi connectivity index (χ3v) is 2.77. The molecule has 0 fully saturated rings. The Bertz CT molecular complexity index is 385. The van der Waals surface area contributed by atoms with Crippen LogP contribution in [0.2, 0.25) is 0 Å². The lowest BCUT2D eigenvalue weighted by atomic mass is 10.1. The fourth-order valence-electron chi connectivity index (χ4n) is 1.80. The molecule has 0 aromatic heterocycles. The van der Waals surface area contributed by atoms with E-state index in [0.29, 0.717) is 26.0 Å². The van der Waals surface area contributed by atoms with Crippen molar-refractivity contribution in [1.29, 1.82) is 0 Å². The topological polar surface area (TPSA) is 55.8 Å². The SMILES string of the molecule is C=CCCN(CC(CC=C)C(=O)OCC)C(=O)OC(C)(C)C. The highest BCUT2D eigenvalue weighted by Crippen LogP contribution is 2.15. The lowest BCUT2D eigenvalue weighted by Gasteiger charge is -2.29. The Kier molecular flexibility index (Phi) is 9.22. The van der Waals surface area contributed by atoms with Crippen LogP contribution < -0.4 is 0 Å². The number of allylic oxidation sites excluding steroid dienone is 1. The summed E-state index contributed by atoms with van der Waals surface area (Å²) in [6.07, 6.45) is 4.02. The lowest BCUT2D eigenvalue weighted by Crippen LogP contribution is -2.41. The highest BCUT2D eigenvalue weighted by Gasteiger charge is 2.27. The molecule has 1 atom stereocenters. The number of ether oxygens (including phenoxy) is 2. The monoisotopic (exact) mass is 311 g/mol. The van der Waals surface area contributed by atoms with Gasteiger partial charge in [-0.25, -0.2) is 4.79 Å². The van der Waals surface area contributed by atoms with Crippen LogP contribution in [-0.4, -0.2) is 42.3 Å². The Hall–Kier alpha value is -1.78. The van der Waals surface area contributed by atoms with Gasteiger partial charge in [0, 0.05) is 13.1 Å². The number of carbonyl (C=O) groups excluding carboxylic acids is 2. The van der Waals surface area contributed by atoms with Crippen LogP contribution in [0.25, 0.3) is 0 Å². The first-order chi connectivity index (χ1) is 10.2. The van der Waals surface area contributed by atoms with E-state index < -0.39 is 17.6 Å². The van der Waals surface area contributed by atoms with Crippen molar-refractivity contribution in [3.8, 4) is 0 Å². The van der Waals surface area contributed by atoms with Gasteiger partial charge in [0.05, 0.1) is 12.5 Å². The molecule has 22 heavy (non-hydrogen) atoms. The first-order valence-corrected chi connectivity index (χ1v) is 7.61. The average Bonchev–Trinajstić information content (AvgIpc) is 2.40. The third kappa shape index (κ3) is 8.49. The molecule has 0 bridgehead atoms. The zero-order valence-corrected chi connectivity index (χ0v) is 14.3. The Morgan fingerprint density at radius 3 is 2.32 bits per heavy atom. The van der Waals surface area contributed by atoms with Crippen LogP contribution >= 0.6 is 0 Å². The molecule has 0 saturated heterocycles. The van der Waals surface area contributed by atoms with Gasteiger partial charge < -0.3 is 14.4 Å². The van der Waals surface area contributed by atoms with E-state index in [9.17, 15) is 9.59 Å². The summed E-state index contributed by atoms with van der Waals surface area (Å²) >= 11 is 0. The van der Waals surface area contributed by atoms with Gasteiger partial charge in [-0.15, -0.1) is 13.2 Å². The summed E-state index contributed by atoms with van der Waals surface area (Å²) < 4.78 is 10.4. The summed E-state index contributed by atoms with van der Waals surface area (Å²) in [6.45, 7) is 15.5. The summed E-state index contributed by atoms with van der Waals surface area (Å²) in [6, 6.07) is 0. The van der Waals surface area contributed by atoms with Crippen LogP contribution in [0, 0.1) is 5.92 Å². The molecule has 0 heterocycles. The maximum atomic E-state index is 12.3. The molecule has 126 valence electrons. The third-order valence-electron chi connectivity index (χ3n) is 2.77. The number of hydrogen-bond donors (Lipinski definition) is 0. The van der Waals surface area contributed by atoms with E-state index >= 15 is 0 Å². The quantitative estimate of drug-likeness (QED) is 0.482. The first-order valence-electron chi connectivity index (χ1n) is 7.61. The second-order valence-corrected chi connectivity index (χ2v) is 5.98. The molecular weight excluding hydrogens is 282 g/mol. The van der Waals surface area contributed by atoms with E-state index in [1.807, 2.05) is 20.8 Å². The van der Waals surface area contributed by atoms with Crippen LogP contribution in [-0.2, 0) is 14.3 Å². The molecule has 0 rings (SSSR count). The van der Waals surface area contributed by atoms with Crippen LogP contribution in [0.3, 0.4) is 0 Å². The van der Waals surface area contributed by atoms with Crippen molar-refractivity contribution in [1.82, 2.24) is 4.90 Å². The normalized spacial score (nSPS) is 12.2. The molecule has 1 amide bonds. The van der Waals surface area contributed by atoms with Crippen LogP contribution in [0.5, 0.6) is 0 Å². The number of hydrogen-bond acceptors (Lipinski definition) is 4. The Labute approximate surface area is 134 Å². The van der Waals surface area contributed by atoms with E-state index in [-0.39, 0.29) is 12.5 Å². The van der Waals surface area contributed by atoms with Gasteiger partial charge in [0.1, 0.15) is 5.60 Å². The Morgan fingerprint density at radius 1 is 1.23 bits per heavy atom. The molecule has 0 aliphatic heterocycles. The highest BCUT2D eigenvalue weighted by molar-refractivity contribution is 5.74. The largest absolute Gasteiger partial charge is 0.466 e. The standard InChI is InChI=1S/C17H29NO4/c1-7-10-12-18(16(20)22-17(4,5)6)13-14(11-8-2)15(19)21-9-3/h7-8,14H,1-2,9-13H2,3-6H3. The number of amides is 1. The first kappa shape index (κ1) is 20.2. The molecule has 0 aliphatic carbocycles. The maximum absolute atomic E-state index is 12.3. The molecule has 0 radical (unpaired) electrons. The van der Waals surface area contributed by atoms with Gasteiger partial charge in [-0.2, -0.15) is 0 Å². The van der Waals surface area contributed by atoms with Crippen LogP contribution in [0.1, 0.15) is 40.5 Å². The minimum Gasteiger partial charge on any atom is -0.466 e. The van der Waals surface area contributed by atoms with Crippen molar-refractivity contribution in [3.63, 3.8) is 0 Å². The molecule has 5 nitrogen and oxygen atoms in total. The van der Waals surface area contributed by atoms with Crippen molar-refractivity contribution >= 4 is 12.1 Å². The number of nitrogens with zero attached hydrogens (tertiary/aromatic N) is 1. The molecule has 0 aromatic carbocycles. The lowest BCUT2D eigenvalue weighted by molar-refractivity contribution is -0.148. The molecule has 0 spiro atoms. The van der Waals surface area contributed by atoms with Gasteiger partial charge in [-0.05, 0) is 40.5 Å². The van der Waals surface area contributed by atoms with E-state index in [4.69, 9.17) is 9.47 Å². The van der Waals surface area contributed by atoms with Gasteiger partial charge in [0.25, 0.3) is 0 Å². The predicted octanol–water partition coefficient (Wildman–Crippen LogP) is 3.56. The van der Waals surface area contributed by atoms with Gasteiger partial charge in [0.15, 0.2) is 0 Å². The van der Waals surface area contributed by atoms with Crippen molar-refractivity contribution < 1.29 is 19.1 Å². The van der Waals surface area contributed by atoms with Gasteiger partial charge >= 0.3 is 12.1 Å². The van der Waals surface area contributed by atoms with E-state index in [0.717, 1.165) is 0 Å². The second kappa shape index (κ2) is 10.0. The molecular formula is C17H29NO4.